The first-order chi connectivity index (χ1) is 10.8. The second-order valence-electron chi connectivity index (χ2n) is 7.34. The highest BCUT2D eigenvalue weighted by atomic mass is 19.3. The molecule has 3 rings (SSSR count). The maximum absolute atomic E-state index is 14.0. The molecule has 0 spiro atoms. The first-order valence-corrected chi connectivity index (χ1v) is 8.58. The highest BCUT2D eigenvalue weighted by Gasteiger charge is 2.59. The highest BCUT2D eigenvalue weighted by molar-refractivity contribution is 5.33. The molecule has 1 heterocycles. The van der Waals surface area contributed by atoms with Crippen molar-refractivity contribution in [3.63, 3.8) is 0 Å². The summed E-state index contributed by atoms with van der Waals surface area (Å²) in [7, 11) is 0. The van der Waals surface area contributed by atoms with E-state index >= 15 is 0 Å². The van der Waals surface area contributed by atoms with Crippen molar-refractivity contribution in [2.45, 2.75) is 63.4 Å². The number of alkyl halides is 4. The van der Waals surface area contributed by atoms with E-state index in [1.807, 2.05) is 0 Å². The smallest absolute Gasteiger partial charge is 0.335 e. The lowest BCUT2D eigenvalue weighted by Crippen LogP contribution is -2.46. The lowest BCUT2D eigenvalue weighted by atomic mass is 9.76. The Kier molecular flexibility index (Phi) is 4.60. The minimum atomic E-state index is -4.11. The SMILES string of the molecule is CC1CCC(C2CCC(C3=CC=CC(F)(F)C3(F)F)CO2)CC1. The predicted molar refractivity (Wildman–Crippen MR) is 80.7 cm³/mol. The molecule has 0 radical (unpaired) electrons. The average Bonchev–Trinajstić information content (AvgIpc) is 2.51. The van der Waals surface area contributed by atoms with Crippen LogP contribution < -0.4 is 0 Å². The molecule has 2 unspecified atom stereocenters. The summed E-state index contributed by atoms with van der Waals surface area (Å²) < 4.78 is 60.8. The van der Waals surface area contributed by atoms with E-state index in [0.29, 0.717) is 18.8 Å². The van der Waals surface area contributed by atoms with Crippen LogP contribution in [0.2, 0.25) is 0 Å². The van der Waals surface area contributed by atoms with E-state index in [9.17, 15) is 17.6 Å². The Morgan fingerprint density at radius 3 is 2.30 bits per heavy atom. The fourth-order valence-electron chi connectivity index (χ4n) is 4.11. The quantitative estimate of drug-likeness (QED) is 0.617. The Bertz CT molecular complexity index is 481. The van der Waals surface area contributed by atoms with Gasteiger partial charge in [-0.2, -0.15) is 17.6 Å². The summed E-state index contributed by atoms with van der Waals surface area (Å²) in [5.41, 5.74) is -0.472. The summed E-state index contributed by atoms with van der Waals surface area (Å²) >= 11 is 0. The van der Waals surface area contributed by atoms with Gasteiger partial charge in [0.05, 0.1) is 12.7 Å². The first-order valence-electron chi connectivity index (χ1n) is 8.58. The van der Waals surface area contributed by atoms with E-state index in [0.717, 1.165) is 30.9 Å². The summed E-state index contributed by atoms with van der Waals surface area (Å²) in [6, 6.07) is 0. The normalized spacial score (nSPS) is 39.8. The Morgan fingerprint density at radius 1 is 1.00 bits per heavy atom. The van der Waals surface area contributed by atoms with Crippen molar-refractivity contribution in [1.82, 2.24) is 0 Å². The number of hydrogen-bond acceptors (Lipinski definition) is 1. The van der Waals surface area contributed by atoms with Gasteiger partial charge >= 0.3 is 11.8 Å². The van der Waals surface area contributed by atoms with Crippen molar-refractivity contribution < 1.29 is 22.3 Å². The van der Waals surface area contributed by atoms with Crippen LogP contribution in [0.25, 0.3) is 0 Å². The highest BCUT2D eigenvalue weighted by Crippen LogP contribution is 2.48. The van der Waals surface area contributed by atoms with Crippen molar-refractivity contribution >= 4 is 0 Å². The van der Waals surface area contributed by atoms with Crippen LogP contribution in [0.5, 0.6) is 0 Å². The third-order valence-corrected chi connectivity index (χ3v) is 5.70. The van der Waals surface area contributed by atoms with E-state index < -0.39 is 23.3 Å². The molecule has 0 amide bonds. The van der Waals surface area contributed by atoms with Gasteiger partial charge in [-0.25, -0.2) is 0 Å². The first kappa shape index (κ1) is 17.0. The fraction of sp³-hybridized carbons (Fsp3) is 0.778. The number of halogens is 4. The maximum Gasteiger partial charge on any atom is 0.335 e. The van der Waals surface area contributed by atoms with Gasteiger partial charge in [0.15, 0.2) is 0 Å². The minimum absolute atomic E-state index is 0.104. The molecule has 2 atom stereocenters. The molecule has 130 valence electrons. The summed E-state index contributed by atoms with van der Waals surface area (Å²) in [6.07, 6.45) is 8.39. The van der Waals surface area contributed by atoms with Crippen LogP contribution in [-0.4, -0.2) is 24.6 Å². The number of ether oxygens (including phenoxy) is 1. The molecule has 23 heavy (non-hydrogen) atoms. The summed E-state index contributed by atoms with van der Waals surface area (Å²) in [5, 5.41) is 0. The zero-order chi connectivity index (χ0) is 16.7. The second kappa shape index (κ2) is 6.23. The number of allylic oxidation sites excluding steroid dienone is 3. The van der Waals surface area contributed by atoms with Crippen molar-refractivity contribution in [3.05, 3.63) is 23.8 Å². The van der Waals surface area contributed by atoms with Gasteiger partial charge in [0, 0.05) is 11.5 Å². The van der Waals surface area contributed by atoms with Gasteiger partial charge in [-0.3, -0.25) is 0 Å². The second-order valence-corrected chi connectivity index (χ2v) is 7.34. The topological polar surface area (TPSA) is 9.23 Å². The molecule has 5 heteroatoms. The standard InChI is InChI=1S/C18H24F4O/c1-12-4-6-13(7-5-12)16-9-8-14(11-23-16)15-3-2-10-17(19,20)18(15,21)22/h2-3,10,12-14,16H,4-9,11H2,1H3. The largest absolute Gasteiger partial charge is 0.377 e. The zero-order valence-corrected chi connectivity index (χ0v) is 13.4. The number of rotatable bonds is 2. The van der Waals surface area contributed by atoms with Crippen molar-refractivity contribution in [2.24, 2.45) is 17.8 Å². The molecule has 0 bridgehead atoms. The molecule has 2 aliphatic carbocycles. The van der Waals surface area contributed by atoms with Crippen LogP contribution in [0.1, 0.15) is 45.4 Å². The summed E-state index contributed by atoms with van der Waals surface area (Å²) in [4.78, 5) is 0. The lowest BCUT2D eigenvalue weighted by molar-refractivity contribution is -0.165. The molecular weight excluding hydrogens is 308 g/mol. The van der Waals surface area contributed by atoms with E-state index in [2.05, 4.69) is 6.92 Å². The van der Waals surface area contributed by atoms with Crippen molar-refractivity contribution in [1.29, 1.82) is 0 Å². The molecule has 0 aromatic heterocycles. The molecule has 3 aliphatic rings. The van der Waals surface area contributed by atoms with Crippen LogP contribution in [0.3, 0.4) is 0 Å². The van der Waals surface area contributed by atoms with E-state index in [-0.39, 0.29) is 18.8 Å². The predicted octanol–water partition coefficient (Wildman–Crippen LogP) is 5.37. The molecular formula is C18H24F4O. The van der Waals surface area contributed by atoms with Crippen LogP contribution in [0.4, 0.5) is 17.6 Å². The molecule has 1 saturated carbocycles. The van der Waals surface area contributed by atoms with E-state index in [4.69, 9.17) is 4.74 Å². The maximum atomic E-state index is 14.0. The minimum Gasteiger partial charge on any atom is -0.377 e. The molecule has 1 nitrogen and oxygen atoms in total. The Labute approximate surface area is 134 Å². The third kappa shape index (κ3) is 3.21. The molecule has 0 N–H and O–H groups in total. The monoisotopic (exact) mass is 332 g/mol. The van der Waals surface area contributed by atoms with Crippen molar-refractivity contribution in [2.75, 3.05) is 6.61 Å². The van der Waals surface area contributed by atoms with Gasteiger partial charge in [0.25, 0.3) is 0 Å². The molecule has 2 fully saturated rings. The molecule has 0 aromatic rings. The summed E-state index contributed by atoms with van der Waals surface area (Å²) in [5.74, 6) is -7.58. The summed E-state index contributed by atoms with van der Waals surface area (Å²) in [6.45, 7) is 2.38. The lowest BCUT2D eigenvalue weighted by Gasteiger charge is -2.40. The Hall–Kier alpha value is -0.840. The van der Waals surface area contributed by atoms with Crippen LogP contribution in [-0.2, 0) is 4.74 Å². The average molecular weight is 332 g/mol. The van der Waals surface area contributed by atoms with E-state index in [1.165, 1.54) is 12.8 Å². The number of hydrogen-bond donors (Lipinski definition) is 0. The van der Waals surface area contributed by atoms with E-state index in [1.54, 1.807) is 0 Å². The van der Waals surface area contributed by atoms with Gasteiger partial charge in [-0.05, 0) is 43.6 Å². The molecule has 1 aliphatic heterocycles. The Balaban J connectivity index is 1.61. The van der Waals surface area contributed by atoms with Crippen LogP contribution in [0, 0.1) is 17.8 Å². The zero-order valence-electron chi connectivity index (χ0n) is 13.4. The van der Waals surface area contributed by atoms with Gasteiger partial charge in [0.2, 0.25) is 0 Å². The van der Waals surface area contributed by atoms with Crippen LogP contribution in [0.15, 0.2) is 23.8 Å². The molecule has 1 saturated heterocycles. The van der Waals surface area contributed by atoms with Crippen molar-refractivity contribution in [3.8, 4) is 0 Å². The molecule has 0 aromatic carbocycles. The third-order valence-electron chi connectivity index (χ3n) is 5.70. The Morgan fingerprint density at radius 2 is 1.70 bits per heavy atom. The fourth-order valence-corrected chi connectivity index (χ4v) is 4.11. The van der Waals surface area contributed by atoms with Gasteiger partial charge in [-0.1, -0.05) is 31.9 Å². The van der Waals surface area contributed by atoms with Gasteiger partial charge in [-0.15, -0.1) is 0 Å². The van der Waals surface area contributed by atoms with Crippen LogP contribution >= 0.6 is 0 Å². The van der Waals surface area contributed by atoms with Gasteiger partial charge in [0.1, 0.15) is 0 Å². The van der Waals surface area contributed by atoms with Gasteiger partial charge < -0.3 is 4.74 Å².